The predicted octanol–water partition coefficient (Wildman–Crippen LogP) is 5.40. The van der Waals surface area contributed by atoms with Crippen molar-refractivity contribution in [3.8, 4) is 22.5 Å². The summed E-state index contributed by atoms with van der Waals surface area (Å²) in [5.74, 6) is 0.222. The molecule has 3 heterocycles. The summed E-state index contributed by atoms with van der Waals surface area (Å²) >= 11 is 1.48. The molecule has 5 rings (SSSR count). The van der Waals surface area contributed by atoms with E-state index in [0.29, 0.717) is 17.2 Å². The van der Waals surface area contributed by atoms with Gasteiger partial charge in [-0.25, -0.2) is 14.4 Å². The number of pyridine rings is 1. The molecule has 0 radical (unpaired) electrons. The Bertz CT molecular complexity index is 1420. The maximum Gasteiger partial charge on any atom is 0.273 e. The topological polar surface area (TPSA) is 103 Å². The molecule has 2 aromatic carbocycles. The van der Waals surface area contributed by atoms with E-state index in [1.807, 2.05) is 24.5 Å². The molecule has 0 saturated carbocycles. The molecule has 0 unspecified atom stereocenters. The smallest absolute Gasteiger partial charge is 0.273 e. The Kier molecular flexibility index (Phi) is 7.06. The van der Waals surface area contributed by atoms with Crippen molar-refractivity contribution in [2.75, 3.05) is 49.7 Å². The molecule has 0 aliphatic carbocycles. The first-order valence-electron chi connectivity index (χ1n) is 11.8. The highest BCUT2D eigenvalue weighted by atomic mass is 32.2. The Labute approximate surface area is 217 Å². The van der Waals surface area contributed by atoms with Gasteiger partial charge in [-0.05, 0) is 55.8 Å². The molecule has 2 N–H and O–H groups in total. The molecule has 0 bridgehead atoms. The third-order valence-corrected chi connectivity index (χ3v) is 6.88. The second-order valence-electron chi connectivity index (χ2n) is 8.82. The van der Waals surface area contributed by atoms with Crippen molar-refractivity contribution in [3.05, 3.63) is 76.7 Å². The summed E-state index contributed by atoms with van der Waals surface area (Å²) in [7, 11) is 2.07. The number of aromatic nitrogens is 3. The molecule has 1 saturated heterocycles. The Balaban J connectivity index is 1.47. The third kappa shape index (κ3) is 5.57. The lowest BCUT2D eigenvalue weighted by atomic mass is 10.1. The molecule has 1 aliphatic rings. The number of benzene rings is 2. The molecule has 0 amide bonds. The summed E-state index contributed by atoms with van der Waals surface area (Å²) in [6.07, 6.45) is 3.59. The van der Waals surface area contributed by atoms with Crippen LogP contribution in [-0.4, -0.2) is 64.3 Å². The maximum atomic E-state index is 13.5. The standard InChI is InChI=1S/C26H26FN7O2S/c1-32-9-11-33(12-10-32)21-14-20(15-22(16-21)34(35)36)29-23-13-18(7-8-28-23)25-24(30-26(31-25)37-2)17-3-5-19(27)6-4-17/h3-8,13-16H,9-12H2,1-2H3,(H,28,29)(H,30,31). The summed E-state index contributed by atoms with van der Waals surface area (Å²) in [6.45, 7) is 3.39. The highest BCUT2D eigenvalue weighted by Crippen LogP contribution is 2.34. The van der Waals surface area contributed by atoms with Crippen molar-refractivity contribution in [3.63, 3.8) is 0 Å². The second kappa shape index (κ2) is 10.6. The number of hydrogen-bond donors (Lipinski definition) is 2. The van der Waals surface area contributed by atoms with E-state index in [2.05, 4.69) is 32.1 Å². The zero-order valence-electron chi connectivity index (χ0n) is 20.4. The fraction of sp³-hybridized carbons (Fsp3) is 0.231. The number of nitro groups is 1. The van der Waals surface area contributed by atoms with Crippen LogP contribution in [-0.2, 0) is 0 Å². The van der Waals surface area contributed by atoms with Gasteiger partial charge in [-0.2, -0.15) is 0 Å². The van der Waals surface area contributed by atoms with Gasteiger partial charge in [0.2, 0.25) is 0 Å². The molecule has 1 fully saturated rings. The van der Waals surface area contributed by atoms with Crippen LogP contribution in [0.4, 0.5) is 27.3 Å². The van der Waals surface area contributed by atoms with Crippen LogP contribution in [0.1, 0.15) is 0 Å². The molecule has 0 atom stereocenters. The lowest BCUT2D eigenvalue weighted by molar-refractivity contribution is -0.384. The summed E-state index contributed by atoms with van der Waals surface area (Å²) < 4.78 is 13.5. The number of likely N-dealkylation sites (N-methyl/N-ethyl adjacent to an activating group) is 1. The first-order chi connectivity index (χ1) is 17.9. The predicted molar refractivity (Wildman–Crippen MR) is 145 cm³/mol. The third-order valence-electron chi connectivity index (χ3n) is 6.30. The average Bonchev–Trinajstić information content (AvgIpc) is 3.34. The van der Waals surface area contributed by atoms with Crippen LogP contribution >= 0.6 is 11.8 Å². The largest absolute Gasteiger partial charge is 0.369 e. The molecule has 9 nitrogen and oxygen atoms in total. The average molecular weight is 520 g/mol. The van der Waals surface area contributed by atoms with Gasteiger partial charge in [0.05, 0.1) is 16.3 Å². The Morgan fingerprint density at radius 1 is 1.05 bits per heavy atom. The van der Waals surface area contributed by atoms with Gasteiger partial charge in [0.15, 0.2) is 5.16 Å². The van der Waals surface area contributed by atoms with Gasteiger partial charge in [-0.1, -0.05) is 11.8 Å². The van der Waals surface area contributed by atoms with Crippen molar-refractivity contribution >= 4 is 34.6 Å². The minimum atomic E-state index is -0.378. The fourth-order valence-electron chi connectivity index (χ4n) is 4.30. The van der Waals surface area contributed by atoms with Crippen molar-refractivity contribution in [2.24, 2.45) is 0 Å². The number of thioether (sulfide) groups is 1. The number of halogens is 1. The van der Waals surface area contributed by atoms with E-state index in [0.717, 1.165) is 53.8 Å². The Hall–Kier alpha value is -3.96. The first kappa shape index (κ1) is 24.7. The summed E-state index contributed by atoms with van der Waals surface area (Å²) in [5, 5.41) is 15.6. The maximum absolute atomic E-state index is 13.5. The van der Waals surface area contributed by atoms with E-state index in [4.69, 9.17) is 4.98 Å². The SMILES string of the molecule is CSc1nc(-c2ccnc(Nc3cc(N4CCN(C)CC4)cc([N+](=O)[O-])c3)c2)c(-c2ccc(F)cc2)[nH]1. The van der Waals surface area contributed by atoms with Crippen LogP contribution in [0.2, 0.25) is 0 Å². The molecule has 2 aromatic heterocycles. The fourth-order valence-corrected chi connectivity index (χ4v) is 4.68. The van der Waals surface area contributed by atoms with Crippen LogP contribution in [0.15, 0.2) is 66.0 Å². The lowest BCUT2D eigenvalue weighted by Gasteiger charge is -2.34. The molecule has 4 aromatic rings. The van der Waals surface area contributed by atoms with Crippen LogP contribution < -0.4 is 10.2 Å². The van der Waals surface area contributed by atoms with E-state index < -0.39 is 0 Å². The lowest BCUT2D eigenvalue weighted by Crippen LogP contribution is -2.44. The van der Waals surface area contributed by atoms with Gasteiger partial charge in [-0.15, -0.1) is 0 Å². The van der Waals surface area contributed by atoms with E-state index in [9.17, 15) is 14.5 Å². The number of H-pyrrole nitrogens is 1. The highest BCUT2D eigenvalue weighted by molar-refractivity contribution is 7.98. The molecule has 190 valence electrons. The number of anilines is 3. The quantitative estimate of drug-likeness (QED) is 0.190. The minimum Gasteiger partial charge on any atom is -0.369 e. The van der Waals surface area contributed by atoms with E-state index >= 15 is 0 Å². The van der Waals surface area contributed by atoms with Gasteiger partial charge in [0.25, 0.3) is 5.69 Å². The van der Waals surface area contributed by atoms with Gasteiger partial charge in [-0.3, -0.25) is 10.1 Å². The number of imidazole rings is 1. The Morgan fingerprint density at radius 2 is 1.81 bits per heavy atom. The summed E-state index contributed by atoms with van der Waals surface area (Å²) in [4.78, 5) is 28.1. The Morgan fingerprint density at radius 3 is 2.51 bits per heavy atom. The number of nitrogens with zero attached hydrogens (tertiary/aromatic N) is 5. The summed E-state index contributed by atoms with van der Waals surface area (Å²) in [6, 6.07) is 15.0. The van der Waals surface area contributed by atoms with Crippen LogP contribution in [0.25, 0.3) is 22.5 Å². The van der Waals surface area contributed by atoms with Gasteiger partial charge >= 0.3 is 0 Å². The van der Waals surface area contributed by atoms with Gasteiger partial charge < -0.3 is 20.1 Å². The van der Waals surface area contributed by atoms with Crippen LogP contribution in [0.5, 0.6) is 0 Å². The monoisotopic (exact) mass is 519 g/mol. The highest BCUT2D eigenvalue weighted by Gasteiger charge is 2.19. The van der Waals surface area contributed by atoms with Crippen molar-refractivity contribution in [1.29, 1.82) is 0 Å². The first-order valence-corrected chi connectivity index (χ1v) is 13.0. The number of nitrogens with one attached hydrogen (secondary N) is 2. The zero-order valence-corrected chi connectivity index (χ0v) is 21.3. The molecule has 37 heavy (non-hydrogen) atoms. The molecule has 11 heteroatoms. The van der Waals surface area contributed by atoms with E-state index in [1.54, 1.807) is 24.4 Å². The van der Waals surface area contributed by atoms with Crippen molar-refractivity contribution in [2.45, 2.75) is 5.16 Å². The number of non-ortho nitro benzene ring substituents is 1. The zero-order chi connectivity index (χ0) is 25.9. The van der Waals surface area contributed by atoms with Crippen molar-refractivity contribution < 1.29 is 9.31 Å². The minimum absolute atomic E-state index is 0.0191. The second-order valence-corrected chi connectivity index (χ2v) is 9.61. The number of hydrogen-bond acceptors (Lipinski definition) is 8. The number of nitro benzene ring substituents is 1. The van der Waals surface area contributed by atoms with Crippen LogP contribution in [0, 0.1) is 15.9 Å². The van der Waals surface area contributed by atoms with Crippen molar-refractivity contribution in [1.82, 2.24) is 19.9 Å². The molecular weight excluding hydrogens is 493 g/mol. The number of aromatic amines is 1. The number of piperazine rings is 1. The van der Waals surface area contributed by atoms with Gasteiger partial charge in [0, 0.05) is 67.0 Å². The van der Waals surface area contributed by atoms with E-state index in [-0.39, 0.29) is 16.4 Å². The number of rotatable bonds is 7. The van der Waals surface area contributed by atoms with Gasteiger partial charge in [0.1, 0.15) is 11.6 Å². The van der Waals surface area contributed by atoms with Crippen LogP contribution in [0.3, 0.4) is 0 Å². The normalized spacial score (nSPS) is 14.1. The molecule has 0 spiro atoms. The molecular formula is C26H26FN7O2S. The molecule has 1 aliphatic heterocycles. The van der Waals surface area contributed by atoms with E-state index in [1.165, 1.54) is 30.0 Å². The summed E-state index contributed by atoms with van der Waals surface area (Å²) in [5.41, 5.74) is 4.50.